The minimum Gasteiger partial charge on any atom is -0.494 e. The minimum atomic E-state index is -0.554. The first kappa shape index (κ1) is 26.6. The number of amidine groups is 1. The Morgan fingerprint density at radius 2 is 1.69 bits per heavy atom. The van der Waals surface area contributed by atoms with Crippen LogP contribution in [0.15, 0.2) is 53.5 Å². The largest absolute Gasteiger partial charge is 0.494 e. The average Bonchev–Trinajstić information content (AvgIpc) is 2.86. The van der Waals surface area contributed by atoms with Gasteiger partial charge in [-0.3, -0.25) is 14.5 Å². The number of thioether (sulfide) groups is 1. The van der Waals surface area contributed by atoms with Crippen LogP contribution in [0.2, 0.25) is 0 Å². The molecule has 0 radical (unpaired) electrons. The summed E-state index contributed by atoms with van der Waals surface area (Å²) in [5.41, 5.74) is 1.37. The molecular weight excluding hydrogens is 462 g/mol. The molecule has 188 valence electrons. The van der Waals surface area contributed by atoms with E-state index in [-0.39, 0.29) is 18.2 Å². The van der Waals surface area contributed by atoms with Crippen molar-refractivity contribution in [3.8, 4) is 11.5 Å². The number of hydrogen-bond donors (Lipinski definition) is 1. The Morgan fingerprint density at radius 3 is 2.34 bits per heavy atom. The number of rotatable bonds is 12. The van der Waals surface area contributed by atoms with Gasteiger partial charge >= 0.3 is 0 Å². The molecule has 1 N–H and O–H groups in total. The monoisotopic (exact) mass is 497 g/mol. The predicted octanol–water partition coefficient (Wildman–Crippen LogP) is 6.02. The third-order valence-electron chi connectivity index (χ3n) is 5.51. The lowest BCUT2D eigenvalue weighted by Gasteiger charge is -2.30. The van der Waals surface area contributed by atoms with Gasteiger partial charge in [0.05, 0.1) is 18.9 Å². The molecule has 1 aliphatic rings. The topological polar surface area (TPSA) is 80.2 Å². The number of aliphatic imine (C=N–C) groups is 1. The maximum absolute atomic E-state index is 13.0. The maximum atomic E-state index is 13.0. The summed E-state index contributed by atoms with van der Waals surface area (Å²) >= 11 is 1.31. The summed E-state index contributed by atoms with van der Waals surface area (Å²) in [5.74, 6) is 1.22. The summed E-state index contributed by atoms with van der Waals surface area (Å²) in [4.78, 5) is 32.0. The van der Waals surface area contributed by atoms with Crippen LogP contribution in [-0.4, -0.2) is 46.9 Å². The van der Waals surface area contributed by atoms with Crippen LogP contribution in [0.5, 0.6) is 11.5 Å². The lowest BCUT2D eigenvalue weighted by Crippen LogP contribution is -2.45. The van der Waals surface area contributed by atoms with Gasteiger partial charge in [-0.25, -0.2) is 4.99 Å². The van der Waals surface area contributed by atoms with E-state index in [9.17, 15) is 9.59 Å². The molecule has 2 aromatic rings. The summed E-state index contributed by atoms with van der Waals surface area (Å²) < 4.78 is 11.2. The highest BCUT2D eigenvalue weighted by atomic mass is 32.2. The molecule has 7 nitrogen and oxygen atoms in total. The fourth-order valence-electron chi connectivity index (χ4n) is 3.62. The summed E-state index contributed by atoms with van der Waals surface area (Å²) in [6, 6.07) is 14.7. The molecule has 1 saturated heterocycles. The van der Waals surface area contributed by atoms with Gasteiger partial charge in [-0.2, -0.15) is 0 Å². The molecule has 8 heteroatoms. The van der Waals surface area contributed by atoms with E-state index in [0.717, 1.165) is 17.9 Å². The van der Waals surface area contributed by atoms with Crippen LogP contribution in [0.3, 0.4) is 0 Å². The number of carbonyl (C=O) groups excluding carboxylic acids is 2. The zero-order chi connectivity index (χ0) is 25.0. The van der Waals surface area contributed by atoms with Gasteiger partial charge in [0.25, 0.3) is 0 Å². The van der Waals surface area contributed by atoms with Crippen molar-refractivity contribution in [2.45, 2.75) is 58.1 Å². The van der Waals surface area contributed by atoms with Crippen molar-refractivity contribution < 1.29 is 19.1 Å². The first-order valence-electron chi connectivity index (χ1n) is 12.4. The van der Waals surface area contributed by atoms with E-state index >= 15 is 0 Å². The van der Waals surface area contributed by atoms with E-state index in [2.05, 4.69) is 17.2 Å². The molecule has 0 aliphatic carbocycles. The van der Waals surface area contributed by atoms with Gasteiger partial charge in [-0.15, -0.1) is 0 Å². The third-order valence-corrected chi connectivity index (χ3v) is 6.70. The molecule has 0 aromatic heterocycles. The Balaban J connectivity index is 1.61. The van der Waals surface area contributed by atoms with Gasteiger partial charge in [0.15, 0.2) is 5.17 Å². The number of hydrogen-bond acceptors (Lipinski definition) is 6. The molecule has 0 bridgehead atoms. The second-order valence-corrected chi connectivity index (χ2v) is 9.36. The molecule has 0 spiro atoms. The predicted molar refractivity (Wildman–Crippen MR) is 143 cm³/mol. The van der Waals surface area contributed by atoms with Gasteiger partial charge in [0.2, 0.25) is 11.8 Å². The number of ether oxygens (including phenoxy) is 2. The van der Waals surface area contributed by atoms with E-state index in [1.165, 1.54) is 31.0 Å². The summed E-state index contributed by atoms with van der Waals surface area (Å²) in [5, 5.41) is 2.90. The molecule has 1 aliphatic heterocycles. The zero-order valence-electron chi connectivity index (χ0n) is 20.8. The van der Waals surface area contributed by atoms with E-state index < -0.39 is 5.25 Å². The molecule has 2 aromatic carbocycles. The van der Waals surface area contributed by atoms with Crippen LogP contribution in [0, 0.1) is 0 Å². The quantitative estimate of drug-likeness (QED) is 0.363. The standard InChI is InChI=1S/C27H35N3O4S/c1-4-7-8-9-18-34-23-16-10-20(11-17-23)28-26(32)24-19-25(31)30(5-2)27(35-24)29-21-12-14-22(15-13-21)33-6-3/h10-17,24H,4-9,18-19H2,1-3H3,(H,28,32). The van der Waals surface area contributed by atoms with Crippen molar-refractivity contribution in [1.82, 2.24) is 4.90 Å². The van der Waals surface area contributed by atoms with Crippen molar-refractivity contribution >= 4 is 40.1 Å². The normalized spacial score (nSPS) is 16.9. The van der Waals surface area contributed by atoms with Gasteiger partial charge in [0.1, 0.15) is 16.7 Å². The SMILES string of the molecule is CCCCCCOc1ccc(NC(=O)C2CC(=O)N(CC)C(=Nc3ccc(OCC)cc3)S2)cc1. The van der Waals surface area contributed by atoms with E-state index in [4.69, 9.17) is 9.47 Å². The number of anilines is 1. The third kappa shape index (κ3) is 8.02. The first-order valence-corrected chi connectivity index (χ1v) is 13.2. The Hall–Kier alpha value is -3.00. The minimum absolute atomic E-state index is 0.108. The summed E-state index contributed by atoms with van der Waals surface area (Å²) in [6.07, 6.45) is 4.76. The van der Waals surface area contributed by atoms with Crippen molar-refractivity contribution in [1.29, 1.82) is 0 Å². The number of nitrogens with one attached hydrogen (secondary N) is 1. The first-order chi connectivity index (χ1) is 17.0. The lowest BCUT2D eigenvalue weighted by atomic mass is 10.2. The molecule has 35 heavy (non-hydrogen) atoms. The molecule has 1 atom stereocenters. The zero-order valence-corrected chi connectivity index (χ0v) is 21.6. The van der Waals surface area contributed by atoms with E-state index in [1.54, 1.807) is 4.90 Å². The van der Waals surface area contributed by atoms with Crippen molar-refractivity contribution in [2.75, 3.05) is 25.1 Å². The molecule has 0 saturated carbocycles. The molecular formula is C27H35N3O4S. The van der Waals surface area contributed by atoms with Crippen LogP contribution >= 0.6 is 11.8 Å². The Morgan fingerprint density at radius 1 is 1.00 bits per heavy atom. The Bertz CT molecular complexity index is 992. The summed E-state index contributed by atoms with van der Waals surface area (Å²) in [6.45, 7) is 7.80. The highest BCUT2D eigenvalue weighted by Gasteiger charge is 2.35. The molecule has 3 rings (SSSR count). The highest BCUT2D eigenvalue weighted by Crippen LogP contribution is 2.30. The number of nitrogens with zero attached hydrogens (tertiary/aromatic N) is 2. The van der Waals surface area contributed by atoms with Gasteiger partial charge in [0, 0.05) is 18.7 Å². The van der Waals surface area contributed by atoms with Crippen LogP contribution in [0.1, 0.15) is 52.9 Å². The Labute approximate surface area is 212 Å². The van der Waals surface area contributed by atoms with Crippen LogP contribution < -0.4 is 14.8 Å². The smallest absolute Gasteiger partial charge is 0.238 e. The van der Waals surface area contributed by atoms with Crippen LogP contribution in [-0.2, 0) is 9.59 Å². The van der Waals surface area contributed by atoms with Gasteiger partial charge in [-0.05, 0) is 68.8 Å². The second kappa shape index (κ2) is 13.8. The van der Waals surface area contributed by atoms with Crippen molar-refractivity contribution in [2.24, 2.45) is 4.99 Å². The van der Waals surface area contributed by atoms with Crippen molar-refractivity contribution in [3.05, 3.63) is 48.5 Å². The van der Waals surface area contributed by atoms with E-state index in [0.29, 0.717) is 36.3 Å². The molecule has 2 amide bonds. The number of unbranched alkanes of at least 4 members (excludes halogenated alkanes) is 3. The number of benzene rings is 2. The second-order valence-electron chi connectivity index (χ2n) is 8.19. The van der Waals surface area contributed by atoms with Gasteiger partial charge < -0.3 is 14.8 Å². The number of amides is 2. The molecule has 1 fully saturated rings. The lowest BCUT2D eigenvalue weighted by molar-refractivity contribution is -0.129. The summed E-state index contributed by atoms with van der Waals surface area (Å²) in [7, 11) is 0. The fraction of sp³-hybridized carbons (Fsp3) is 0.444. The van der Waals surface area contributed by atoms with E-state index in [1.807, 2.05) is 62.4 Å². The Kier molecular flexibility index (Phi) is 10.5. The highest BCUT2D eigenvalue weighted by molar-refractivity contribution is 8.15. The van der Waals surface area contributed by atoms with Crippen molar-refractivity contribution in [3.63, 3.8) is 0 Å². The molecule has 1 unspecified atom stereocenters. The van der Waals surface area contributed by atoms with Crippen LogP contribution in [0.25, 0.3) is 0 Å². The number of carbonyl (C=O) groups is 2. The fourth-order valence-corrected chi connectivity index (χ4v) is 4.79. The molecule has 1 heterocycles. The van der Waals surface area contributed by atoms with Gasteiger partial charge in [-0.1, -0.05) is 37.9 Å². The maximum Gasteiger partial charge on any atom is 0.238 e. The van der Waals surface area contributed by atoms with Crippen LogP contribution in [0.4, 0.5) is 11.4 Å². The average molecular weight is 498 g/mol.